The summed E-state index contributed by atoms with van der Waals surface area (Å²) in [5, 5.41) is 8.34. The Balaban J connectivity index is 1.92. The minimum Gasteiger partial charge on any atom is -0.490 e. The van der Waals surface area contributed by atoms with E-state index >= 15 is 0 Å². The van der Waals surface area contributed by atoms with Crippen LogP contribution in [0.5, 0.6) is 5.75 Å². The van der Waals surface area contributed by atoms with E-state index in [1.807, 2.05) is 12.3 Å². The molecule has 0 spiro atoms. The molecule has 4 nitrogen and oxygen atoms in total. The summed E-state index contributed by atoms with van der Waals surface area (Å²) >= 11 is 0. The minimum atomic E-state index is 0.251. The molecule has 4 heteroatoms. The molecule has 1 aromatic heterocycles. The van der Waals surface area contributed by atoms with Crippen LogP contribution in [0, 0.1) is 0 Å². The number of ether oxygens (including phenoxy) is 1. The molecule has 0 amide bonds. The molecule has 3 rings (SSSR count). The van der Waals surface area contributed by atoms with Gasteiger partial charge in [-0.3, -0.25) is 5.10 Å². The van der Waals surface area contributed by atoms with Gasteiger partial charge < -0.3 is 10.5 Å². The van der Waals surface area contributed by atoms with E-state index in [9.17, 15) is 0 Å². The van der Waals surface area contributed by atoms with Crippen molar-refractivity contribution < 1.29 is 4.74 Å². The van der Waals surface area contributed by atoms with Crippen LogP contribution in [0.25, 0.3) is 10.9 Å². The normalized spacial score (nSPS) is 23.4. The van der Waals surface area contributed by atoms with E-state index in [2.05, 4.69) is 30.1 Å². The zero-order valence-electron chi connectivity index (χ0n) is 12.2. The van der Waals surface area contributed by atoms with Crippen molar-refractivity contribution in [3.8, 4) is 5.75 Å². The second-order valence-electron chi connectivity index (χ2n) is 6.13. The van der Waals surface area contributed by atoms with Crippen LogP contribution in [0.3, 0.4) is 0 Å². The number of aromatic nitrogens is 2. The Bertz CT molecular complexity index is 590. The maximum atomic E-state index is 6.27. The number of fused-ring (bicyclic) bond motifs is 1. The Labute approximate surface area is 119 Å². The van der Waals surface area contributed by atoms with E-state index in [1.54, 1.807) is 0 Å². The van der Waals surface area contributed by atoms with E-state index in [4.69, 9.17) is 10.5 Å². The van der Waals surface area contributed by atoms with Gasteiger partial charge in [0.05, 0.1) is 11.7 Å². The molecule has 0 aliphatic heterocycles. The van der Waals surface area contributed by atoms with Gasteiger partial charge in [0.25, 0.3) is 0 Å². The molecule has 1 aromatic carbocycles. The van der Waals surface area contributed by atoms with Gasteiger partial charge in [0, 0.05) is 17.0 Å². The molecular weight excluding hydrogens is 250 g/mol. The van der Waals surface area contributed by atoms with Crippen LogP contribution in [-0.4, -0.2) is 22.3 Å². The lowest BCUT2D eigenvalue weighted by Gasteiger charge is -2.28. The van der Waals surface area contributed by atoms with E-state index < -0.39 is 0 Å². The first kappa shape index (κ1) is 13.4. The lowest BCUT2D eigenvalue weighted by molar-refractivity contribution is 0.143. The molecule has 3 N–H and O–H groups in total. The average molecular weight is 273 g/mol. The van der Waals surface area contributed by atoms with Crippen LogP contribution in [0.15, 0.2) is 18.3 Å². The molecule has 1 heterocycles. The SMILES string of the molecule is CC(C)c1c(O[C@@H]2CCC[C@H](N)C2)ccc2[nH]ncc12. The summed E-state index contributed by atoms with van der Waals surface area (Å²) in [4.78, 5) is 0. The van der Waals surface area contributed by atoms with Gasteiger partial charge in [-0.05, 0) is 43.7 Å². The van der Waals surface area contributed by atoms with Crippen LogP contribution in [-0.2, 0) is 0 Å². The maximum Gasteiger partial charge on any atom is 0.123 e. The smallest absolute Gasteiger partial charge is 0.123 e. The Kier molecular flexibility index (Phi) is 3.66. The largest absolute Gasteiger partial charge is 0.490 e. The molecule has 1 saturated carbocycles. The molecule has 0 saturated heterocycles. The molecule has 1 fully saturated rings. The Morgan fingerprint density at radius 1 is 1.35 bits per heavy atom. The monoisotopic (exact) mass is 273 g/mol. The number of benzene rings is 1. The van der Waals surface area contributed by atoms with Gasteiger partial charge in [0.15, 0.2) is 0 Å². The lowest BCUT2D eigenvalue weighted by Crippen LogP contribution is -2.33. The fourth-order valence-electron chi connectivity index (χ4n) is 3.19. The fourth-order valence-corrected chi connectivity index (χ4v) is 3.19. The summed E-state index contributed by atoms with van der Waals surface area (Å²) in [5.41, 5.74) is 8.37. The van der Waals surface area contributed by atoms with Gasteiger partial charge in [0.2, 0.25) is 0 Å². The Hall–Kier alpha value is -1.55. The lowest BCUT2D eigenvalue weighted by atomic mass is 9.93. The third kappa shape index (κ3) is 2.52. The first-order valence-corrected chi connectivity index (χ1v) is 7.53. The summed E-state index contributed by atoms with van der Waals surface area (Å²) in [6, 6.07) is 4.40. The van der Waals surface area contributed by atoms with Crippen molar-refractivity contribution >= 4 is 10.9 Å². The summed E-state index contributed by atoms with van der Waals surface area (Å²) in [7, 11) is 0. The summed E-state index contributed by atoms with van der Waals surface area (Å²) in [6.07, 6.45) is 6.49. The number of aromatic amines is 1. The van der Waals surface area contributed by atoms with Gasteiger partial charge >= 0.3 is 0 Å². The number of nitrogens with zero attached hydrogens (tertiary/aromatic N) is 1. The molecule has 0 radical (unpaired) electrons. The first-order chi connectivity index (χ1) is 9.65. The fraction of sp³-hybridized carbons (Fsp3) is 0.562. The predicted molar refractivity (Wildman–Crippen MR) is 81.0 cm³/mol. The van der Waals surface area contributed by atoms with Crippen LogP contribution in [0.1, 0.15) is 51.0 Å². The molecule has 0 bridgehead atoms. The number of rotatable bonds is 3. The van der Waals surface area contributed by atoms with Crippen molar-refractivity contribution in [2.45, 2.75) is 57.6 Å². The van der Waals surface area contributed by atoms with Crippen LogP contribution >= 0.6 is 0 Å². The van der Waals surface area contributed by atoms with E-state index in [1.165, 1.54) is 5.56 Å². The van der Waals surface area contributed by atoms with Crippen LogP contribution in [0.4, 0.5) is 0 Å². The number of hydrogen-bond donors (Lipinski definition) is 2. The zero-order valence-corrected chi connectivity index (χ0v) is 12.2. The number of hydrogen-bond acceptors (Lipinski definition) is 3. The Morgan fingerprint density at radius 2 is 2.20 bits per heavy atom. The highest BCUT2D eigenvalue weighted by atomic mass is 16.5. The van der Waals surface area contributed by atoms with Crippen molar-refractivity contribution in [3.63, 3.8) is 0 Å². The Morgan fingerprint density at radius 3 is 2.95 bits per heavy atom. The standard InChI is InChI=1S/C16H23N3O/c1-10(2)16-13-9-18-19-14(13)6-7-15(16)20-12-5-3-4-11(17)8-12/h6-7,9-12H,3-5,8,17H2,1-2H3,(H,18,19)/t11-,12+/m0/s1. The average Bonchev–Trinajstić information content (AvgIpc) is 2.86. The molecule has 1 aliphatic carbocycles. The molecular formula is C16H23N3O. The summed E-state index contributed by atoms with van der Waals surface area (Å²) in [6.45, 7) is 4.39. The first-order valence-electron chi connectivity index (χ1n) is 7.53. The predicted octanol–water partition coefficient (Wildman–Crippen LogP) is 3.34. The van der Waals surface area contributed by atoms with Crippen LogP contribution in [0.2, 0.25) is 0 Å². The third-order valence-corrected chi connectivity index (χ3v) is 4.16. The highest BCUT2D eigenvalue weighted by molar-refractivity contribution is 5.84. The van der Waals surface area contributed by atoms with Gasteiger partial charge in [0.1, 0.15) is 11.9 Å². The number of nitrogens with two attached hydrogens (primary N) is 1. The number of nitrogens with one attached hydrogen (secondary N) is 1. The number of H-pyrrole nitrogens is 1. The van der Waals surface area contributed by atoms with Gasteiger partial charge in [-0.2, -0.15) is 5.10 Å². The van der Waals surface area contributed by atoms with Crippen molar-refractivity contribution in [1.29, 1.82) is 0 Å². The van der Waals surface area contributed by atoms with Crippen molar-refractivity contribution in [1.82, 2.24) is 10.2 Å². The van der Waals surface area contributed by atoms with Crippen molar-refractivity contribution in [2.24, 2.45) is 5.73 Å². The highest BCUT2D eigenvalue weighted by Crippen LogP contribution is 2.35. The summed E-state index contributed by atoms with van der Waals surface area (Å²) in [5.74, 6) is 1.40. The minimum absolute atomic E-state index is 0.251. The quantitative estimate of drug-likeness (QED) is 0.901. The molecule has 2 atom stereocenters. The molecule has 1 aliphatic rings. The van der Waals surface area contributed by atoms with Gasteiger partial charge in [-0.15, -0.1) is 0 Å². The van der Waals surface area contributed by atoms with Crippen LogP contribution < -0.4 is 10.5 Å². The maximum absolute atomic E-state index is 6.27. The third-order valence-electron chi connectivity index (χ3n) is 4.16. The molecule has 20 heavy (non-hydrogen) atoms. The second-order valence-corrected chi connectivity index (χ2v) is 6.13. The molecule has 108 valence electrons. The second kappa shape index (κ2) is 5.44. The summed E-state index contributed by atoms with van der Waals surface area (Å²) < 4.78 is 6.27. The van der Waals surface area contributed by atoms with E-state index in [0.29, 0.717) is 5.92 Å². The van der Waals surface area contributed by atoms with Crippen molar-refractivity contribution in [2.75, 3.05) is 0 Å². The zero-order chi connectivity index (χ0) is 14.1. The van der Waals surface area contributed by atoms with E-state index in [0.717, 1.165) is 42.3 Å². The topological polar surface area (TPSA) is 63.9 Å². The van der Waals surface area contributed by atoms with Gasteiger partial charge in [-0.25, -0.2) is 0 Å². The highest BCUT2D eigenvalue weighted by Gasteiger charge is 2.22. The van der Waals surface area contributed by atoms with Gasteiger partial charge in [-0.1, -0.05) is 13.8 Å². The molecule has 0 unspecified atom stereocenters. The van der Waals surface area contributed by atoms with E-state index in [-0.39, 0.29) is 12.1 Å². The molecule has 2 aromatic rings. The van der Waals surface area contributed by atoms with Crippen molar-refractivity contribution in [3.05, 3.63) is 23.9 Å².